The van der Waals surface area contributed by atoms with Crippen molar-refractivity contribution in [3.63, 3.8) is 0 Å². The van der Waals surface area contributed by atoms with Crippen molar-refractivity contribution in [3.05, 3.63) is 130 Å². The van der Waals surface area contributed by atoms with Crippen molar-refractivity contribution in [1.82, 2.24) is 14.3 Å². The maximum Gasteiger partial charge on any atom is 0.243 e. The first-order chi connectivity index (χ1) is 19.9. The summed E-state index contributed by atoms with van der Waals surface area (Å²) in [5, 5.41) is 5.87. The molecule has 0 bridgehead atoms. The zero-order chi connectivity index (χ0) is 28.4. The minimum Gasteiger partial charge on any atom is -0.367 e. The van der Waals surface area contributed by atoms with Gasteiger partial charge in [0.25, 0.3) is 0 Å². The van der Waals surface area contributed by atoms with Gasteiger partial charge in [-0.05, 0) is 78.1 Å². The van der Waals surface area contributed by atoms with Crippen LogP contribution in [0.4, 0.5) is 5.82 Å². The number of sulfonamides is 1. The molecular weight excluding hydrogens is 575 g/mol. The third-order valence-corrected chi connectivity index (χ3v) is 9.99. The van der Waals surface area contributed by atoms with Gasteiger partial charge in [-0.2, -0.15) is 4.31 Å². The SMILES string of the molecule is O=S(=O)(c1ccccc1)N1CCC(Nc2ncnc3ccc(C(c4ccc(Cl)cc4)c4ccc(Cl)cc4)cc23)CC1. The summed E-state index contributed by atoms with van der Waals surface area (Å²) in [6.07, 6.45) is 2.92. The van der Waals surface area contributed by atoms with E-state index < -0.39 is 10.0 Å². The minimum absolute atomic E-state index is 0.0478. The van der Waals surface area contributed by atoms with E-state index in [4.69, 9.17) is 23.2 Å². The highest BCUT2D eigenvalue weighted by molar-refractivity contribution is 7.89. The van der Waals surface area contributed by atoms with E-state index in [2.05, 4.69) is 27.4 Å². The minimum atomic E-state index is -3.50. The van der Waals surface area contributed by atoms with Gasteiger partial charge in [0.1, 0.15) is 12.1 Å². The van der Waals surface area contributed by atoms with Crippen LogP contribution in [-0.2, 0) is 10.0 Å². The molecule has 1 aliphatic rings. The van der Waals surface area contributed by atoms with Crippen molar-refractivity contribution in [2.75, 3.05) is 18.4 Å². The van der Waals surface area contributed by atoms with Gasteiger partial charge in [0.15, 0.2) is 0 Å². The Hall–Kier alpha value is -3.49. The van der Waals surface area contributed by atoms with Gasteiger partial charge < -0.3 is 5.32 Å². The molecule has 0 radical (unpaired) electrons. The first-order valence-corrected chi connectivity index (χ1v) is 15.7. The van der Waals surface area contributed by atoms with E-state index in [1.54, 1.807) is 34.9 Å². The molecule has 1 saturated heterocycles. The molecule has 0 spiro atoms. The van der Waals surface area contributed by atoms with Crippen LogP contribution in [0.25, 0.3) is 10.9 Å². The molecule has 2 heterocycles. The average molecular weight is 604 g/mol. The maximum absolute atomic E-state index is 13.1. The van der Waals surface area contributed by atoms with E-state index in [0.29, 0.717) is 40.9 Å². The predicted octanol–water partition coefficient (Wildman–Crippen LogP) is 7.38. The number of nitrogens with one attached hydrogen (secondary N) is 1. The van der Waals surface area contributed by atoms with Crippen molar-refractivity contribution in [2.45, 2.75) is 29.7 Å². The fourth-order valence-electron chi connectivity index (χ4n) is 5.43. The number of hydrogen-bond acceptors (Lipinski definition) is 5. The van der Waals surface area contributed by atoms with Crippen LogP contribution in [0.5, 0.6) is 0 Å². The van der Waals surface area contributed by atoms with Gasteiger partial charge in [-0.3, -0.25) is 0 Å². The summed E-state index contributed by atoms with van der Waals surface area (Å²) in [6, 6.07) is 30.7. The Morgan fingerprint density at radius 2 is 1.34 bits per heavy atom. The van der Waals surface area contributed by atoms with Crippen LogP contribution < -0.4 is 5.32 Å². The Morgan fingerprint density at radius 1 is 0.756 bits per heavy atom. The summed E-state index contributed by atoms with van der Waals surface area (Å²) in [4.78, 5) is 9.44. The second kappa shape index (κ2) is 11.8. The lowest BCUT2D eigenvalue weighted by Crippen LogP contribution is -2.42. The van der Waals surface area contributed by atoms with Crippen LogP contribution in [-0.4, -0.2) is 41.8 Å². The number of halogens is 2. The monoisotopic (exact) mass is 602 g/mol. The highest BCUT2D eigenvalue weighted by atomic mass is 35.5. The number of fused-ring (bicyclic) bond motifs is 1. The molecule has 6 nitrogen and oxygen atoms in total. The summed E-state index contributed by atoms with van der Waals surface area (Å²) < 4.78 is 27.7. The largest absolute Gasteiger partial charge is 0.367 e. The average Bonchev–Trinajstić information content (AvgIpc) is 3.00. The highest BCUT2D eigenvalue weighted by Crippen LogP contribution is 2.36. The number of nitrogens with zero attached hydrogens (tertiary/aromatic N) is 3. The molecule has 0 unspecified atom stereocenters. The second-order valence-corrected chi connectivity index (χ2v) is 13.0. The van der Waals surface area contributed by atoms with Crippen LogP contribution in [0.3, 0.4) is 0 Å². The molecule has 208 valence electrons. The Morgan fingerprint density at radius 3 is 1.95 bits per heavy atom. The Bertz CT molecular complexity index is 1710. The van der Waals surface area contributed by atoms with E-state index >= 15 is 0 Å². The number of hydrogen-bond donors (Lipinski definition) is 1. The van der Waals surface area contributed by atoms with Gasteiger partial charge in [0.2, 0.25) is 10.0 Å². The van der Waals surface area contributed by atoms with Gasteiger partial charge >= 0.3 is 0 Å². The third-order valence-electron chi connectivity index (χ3n) is 7.58. The van der Waals surface area contributed by atoms with Gasteiger partial charge in [-0.25, -0.2) is 18.4 Å². The molecule has 0 amide bonds. The lowest BCUT2D eigenvalue weighted by Gasteiger charge is -2.32. The molecule has 1 fully saturated rings. The molecule has 6 rings (SSSR count). The molecule has 1 aromatic heterocycles. The van der Waals surface area contributed by atoms with Crippen LogP contribution in [0.15, 0.2) is 108 Å². The summed E-state index contributed by atoms with van der Waals surface area (Å²) in [6.45, 7) is 0.886. The summed E-state index contributed by atoms with van der Waals surface area (Å²) in [5.74, 6) is 0.695. The number of benzene rings is 4. The van der Waals surface area contributed by atoms with Crippen molar-refractivity contribution >= 4 is 49.9 Å². The quantitative estimate of drug-likeness (QED) is 0.197. The molecule has 0 atom stereocenters. The lowest BCUT2D eigenvalue weighted by molar-refractivity contribution is 0.329. The number of rotatable bonds is 7. The second-order valence-electron chi connectivity index (χ2n) is 10.2. The fourth-order valence-corrected chi connectivity index (χ4v) is 7.17. The van der Waals surface area contributed by atoms with Gasteiger partial charge in [0.05, 0.1) is 10.4 Å². The summed E-state index contributed by atoms with van der Waals surface area (Å²) in [7, 11) is -3.50. The van der Waals surface area contributed by atoms with Crippen LogP contribution in [0.2, 0.25) is 10.0 Å². The Balaban J connectivity index is 1.28. The summed E-state index contributed by atoms with van der Waals surface area (Å²) in [5.41, 5.74) is 4.13. The Kier molecular flexibility index (Phi) is 7.95. The van der Waals surface area contributed by atoms with Crippen LogP contribution >= 0.6 is 23.2 Å². The molecule has 4 aromatic carbocycles. The number of piperidine rings is 1. The van der Waals surface area contributed by atoms with Crippen molar-refractivity contribution in [2.24, 2.45) is 0 Å². The maximum atomic E-state index is 13.1. The normalized spacial score (nSPS) is 14.9. The molecule has 1 aliphatic heterocycles. The molecule has 0 aliphatic carbocycles. The van der Waals surface area contributed by atoms with Gasteiger partial charge in [0, 0.05) is 40.5 Å². The topological polar surface area (TPSA) is 75.2 Å². The third kappa shape index (κ3) is 5.95. The van der Waals surface area contributed by atoms with E-state index in [1.807, 2.05) is 60.7 Å². The molecule has 1 N–H and O–H groups in total. The first kappa shape index (κ1) is 27.7. The zero-order valence-electron chi connectivity index (χ0n) is 22.1. The van der Waals surface area contributed by atoms with Crippen molar-refractivity contribution < 1.29 is 8.42 Å². The van der Waals surface area contributed by atoms with Gasteiger partial charge in [-0.1, -0.05) is 71.7 Å². The van der Waals surface area contributed by atoms with Gasteiger partial charge in [-0.15, -0.1) is 0 Å². The van der Waals surface area contributed by atoms with Crippen molar-refractivity contribution in [3.8, 4) is 0 Å². The van der Waals surface area contributed by atoms with Crippen LogP contribution in [0, 0.1) is 0 Å². The van der Waals surface area contributed by atoms with E-state index in [9.17, 15) is 8.42 Å². The molecule has 5 aromatic rings. The summed E-state index contributed by atoms with van der Waals surface area (Å²) >= 11 is 12.4. The number of anilines is 1. The first-order valence-electron chi connectivity index (χ1n) is 13.5. The lowest BCUT2D eigenvalue weighted by atomic mass is 9.84. The van der Waals surface area contributed by atoms with Crippen LogP contribution in [0.1, 0.15) is 35.4 Å². The van der Waals surface area contributed by atoms with E-state index in [-0.39, 0.29) is 12.0 Å². The fraction of sp³-hybridized carbons (Fsp3) is 0.188. The predicted molar refractivity (Wildman–Crippen MR) is 165 cm³/mol. The van der Waals surface area contributed by atoms with E-state index in [1.165, 1.54) is 0 Å². The van der Waals surface area contributed by atoms with Crippen molar-refractivity contribution in [1.29, 1.82) is 0 Å². The molecule has 41 heavy (non-hydrogen) atoms. The van der Waals surface area contributed by atoms with E-state index in [0.717, 1.165) is 33.4 Å². The Labute approximate surface area is 250 Å². The number of aromatic nitrogens is 2. The zero-order valence-corrected chi connectivity index (χ0v) is 24.4. The molecule has 9 heteroatoms. The highest BCUT2D eigenvalue weighted by Gasteiger charge is 2.29. The smallest absolute Gasteiger partial charge is 0.243 e. The molecule has 0 saturated carbocycles. The standard InChI is InChI=1S/C32H28Cl2N4O2S/c33-25-11-6-22(7-12-25)31(23-8-13-26(34)14-9-23)24-10-15-30-29(20-24)32(36-21-35-30)37-27-16-18-38(19-17-27)41(39,40)28-4-2-1-3-5-28/h1-15,20-21,27,31H,16-19H2,(H,35,36,37). The molecular formula is C32H28Cl2N4O2S.